The van der Waals surface area contributed by atoms with E-state index in [2.05, 4.69) is 4.72 Å². The fraction of sp³-hybridized carbons (Fsp3) is 0.533. The smallest absolute Gasteiger partial charge is 0.319 e. The van der Waals surface area contributed by atoms with E-state index in [1.54, 1.807) is 30.0 Å². The highest BCUT2D eigenvalue weighted by atomic mass is 35.5. The van der Waals surface area contributed by atoms with Gasteiger partial charge < -0.3 is 9.80 Å². The van der Waals surface area contributed by atoms with Crippen LogP contribution in [0.2, 0.25) is 10.0 Å². The van der Waals surface area contributed by atoms with Crippen molar-refractivity contribution in [2.45, 2.75) is 17.7 Å². The van der Waals surface area contributed by atoms with Crippen LogP contribution in [0.15, 0.2) is 23.1 Å². The Bertz CT molecular complexity index is 702. The van der Waals surface area contributed by atoms with E-state index in [0.717, 1.165) is 12.8 Å². The van der Waals surface area contributed by atoms with Crippen LogP contribution in [0.5, 0.6) is 0 Å². The lowest BCUT2D eigenvalue weighted by Gasteiger charge is -2.33. The minimum Gasteiger partial charge on any atom is -0.331 e. The average molecular weight is 394 g/mol. The first-order valence-electron chi connectivity index (χ1n) is 7.61. The van der Waals surface area contributed by atoms with Crippen LogP contribution in [0.4, 0.5) is 4.79 Å². The van der Waals surface area contributed by atoms with E-state index in [1.165, 1.54) is 12.1 Å². The average Bonchev–Trinajstić information content (AvgIpc) is 2.55. The zero-order valence-corrected chi connectivity index (χ0v) is 16.0. The summed E-state index contributed by atoms with van der Waals surface area (Å²) in [6, 6.07) is 4.33. The van der Waals surface area contributed by atoms with Gasteiger partial charge in [-0.2, -0.15) is 0 Å². The molecule has 0 aliphatic carbocycles. The van der Waals surface area contributed by atoms with Crippen LogP contribution in [0, 0.1) is 5.92 Å². The van der Waals surface area contributed by atoms with Crippen LogP contribution in [0.25, 0.3) is 0 Å². The van der Waals surface area contributed by atoms with Crippen molar-refractivity contribution in [2.75, 3.05) is 33.7 Å². The number of benzene rings is 1. The molecule has 9 heteroatoms. The third kappa shape index (κ3) is 4.75. The van der Waals surface area contributed by atoms with E-state index in [0.29, 0.717) is 24.7 Å². The predicted octanol–water partition coefficient (Wildman–Crippen LogP) is 2.67. The van der Waals surface area contributed by atoms with Gasteiger partial charge in [0.1, 0.15) is 4.90 Å². The summed E-state index contributed by atoms with van der Waals surface area (Å²) in [7, 11) is -0.272. The van der Waals surface area contributed by atoms with Crippen molar-refractivity contribution in [2.24, 2.45) is 5.92 Å². The highest BCUT2D eigenvalue weighted by molar-refractivity contribution is 7.89. The lowest BCUT2D eigenvalue weighted by Crippen LogP contribution is -2.45. The van der Waals surface area contributed by atoms with Crippen molar-refractivity contribution >= 4 is 39.3 Å². The van der Waals surface area contributed by atoms with Gasteiger partial charge in [-0.3, -0.25) is 0 Å². The highest BCUT2D eigenvalue weighted by Gasteiger charge is 2.26. The van der Waals surface area contributed by atoms with Gasteiger partial charge in [-0.05, 0) is 37.0 Å². The minimum absolute atomic E-state index is 0.0141. The summed E-state index contributed by atoms with van der Waals surface area (Å²) in [4.78, 5) is 15.2. The molecule has 1 N–H and O–H groups in total. The summed E-state index contributed by atoms with van der Waals surface area (Å²) in [5.74, 6) is 0.184. The number of carbonyl (C=O) groups excluding carboxylic acids is 1. The molecule has 134 valence electrons. The Morgan fingerprint density at radius 3 is 2.50 bits per heavy atom. The van der Waals surface area contributed by atoms with Crippen molar-refractivity contribution in [3.63, 3.8) is 0 Å². The van der Waals surface area contributed by atoms with Crippen LogP contribution in [-0.2, 0) is 10.0 Å². The SMILES string of the molecule is CN(C)C(=O)N1CCC(CNS(=O)(=O)c2cc(Cl)ccc2Cl)CC1. The molecule has 2 rings (SSSR count). The van der Waals surface area contributed by atoms with E-state index >= 15 is 0 Å². The number of likely N-dealkylation sites (tertiary alicyclic amines) is 1. The molecule has 1 fully saturated rings. The molecule has 0 atom stereocenters. The van der Waals surface area contributed by atoms with Gasteiger partial charge in [0.05, 0.1) is 5.02 Å². The van der Waals surface area contributed by atoms with Crippen LogP contribution < -0.4 is 4.72 Å². The molecule has 0 bridgehead atoms. The Hall–Kier alpha value is -1.02. The summed E-state index contributed by atoms with van der Waals surface area (Å²) in [6.45, 7) is 1.57. The van der Waals surface area contributed by atoms with Crippen molar-refractivity contribution in [3.05, 3.63) is 28.2 Å². The molecule has 1 saturated heterocycles. The van der Waals surface area contributed by atoms with Crippen LogP contribution in [0.3, 0.4) is 0 Å². The van der Waals surface area contributed by atoms with Gasteiger partial charge >= 0.3 is 6.03 Å². The Kier molecular flexibility index (Phi) is 6.36. The maximum absolute atomic E-state index is 12.4. The molecule has 0 unspecified atom stereocenters. The molecule has 0 spiro atoms. The fourth-order valence-electron chi connectivity index (χ4n) is 2.60. The third-order valence-corrected chi connectivity index (χ3v) is 6.15. The number of amides is 2. The van der Waals surface area contributed by atoms with Gasteiger partial charge in [0, 0.05) is 38.8 Å². The highest BCUT2D eigenvalue weighted by Crippen LogP contribution is 2.25. The number of urea groups is 1. The second kappa shape index (κ2) is 7.91. The molecule has 0 aromatic heterocycles. The van der Waals surface area contributed by atoms with Crippen molar-refractivity contribution in [1.29, 1.82) is 0 Å². The summed E-state index contributed by atoms with van der Waals surface area (Å²) < 4.78 is 27.4. The molecule has 1 aliphatic rings. The number of piperidine rings is 1. The molecule has 0 radical (unpaired) electrons. The first kappa shape index (κ1) is 19.3. The lowest BCUT2D eigenvalue weighted by molar-refractivity contribution is 0.148. The van der Waals surface area contributed by atoms with Crippen LogP contribution in [-0.4, -0.2) is 58.0 Å². The first-order chi connectivity index (χ1) is 11.2. The summed E-state index contributed by atoms with van der Waals surface area (Å²) in [6.07, 6.45) is 1.51. The predicted molar refractivity (Wildman–Crippen MR) is 95.0 cm³/mol. The molecular formula is C15H21Cl2N3O3S. The second-order valence-corrected chi connectivity index (χ2v) is 8.61. The fourth-order valence-corrected chi connectivity index (χ4v) is 4.48. The summed E-state index contributed by atoms with van der Waals surface area (Å²) in [5.41, 5.74) is 0. The minimum atomic E-state index is -3.71. The van der Waals surface area contributed by atoms with Crippen molar-refractivity contribution in [1.82, 2.24) is 14.5 Å². The molecule has 24 heavy (non-hydrogen) atoms. The number of hydrogen-bond donors (Lipinski definition) is 1. The lowest BCUT2D eigenvalue weighted by atomic mass is 9.97. The topological polar surface area (TPSA) is 69.7 Å². The number of nitrogens with one attached hydrogen (secondary N) is 1. The van der Waals surface area contributed by atoms with Crippen molar-refractivity contribution in [3.8, 4) is 0 Å². The number of halogens is 2. The zero-order valence-electron chi connectivity index (χ0n) is 13.6. The van der Waals surface area contributed by atoms with E-state index in [9.17, 15) is 13.2 Å². The standard InChI is InChI=1S/C15H21Cl2N3O3S/c1-19(2)15(21)20-7-5-11(6-8-20)10-18-24(22,23)14-9-12(16)3-4-13(14)17/h3-4,9,11,18H,5-8,10H2,1-2H3. The Labute approximate surface area is 152 Å². The molecular weight excluding hydrogens is 373 g/mol. The number of hydrogen-bond acceptors (Lipinski definition) is 3. The Balaban J connectivity index is 1.92. The van der Waals surface area contributed by atoms with Gasteiger partial charge in [-0.15, -0.1) is 0 Å². The molecule has 2 amide bonds. The van der Waals surface area contributed by atoms with E-state index in [1.807, 2.05) is 0 Å². The van der Waals surface area contributed by atoms with E-state index < -0.39 is 10.0 Å². The van der Waals surface area contributed by atoms with E-state index in [4.69, 9.17) is 23.2 Å². The van der Waals surface area contributed by atoms with Gasteiger partial charge in [0.25, 0.3) is 0 Å². The number of sulfonamides is 1. The van der Waals surface area contributed by atoms with Gasteiger partial charge in [0.2, 0.25) is 10.0 Å². The maximum Gasteiger partial charge on any atom is 0.319 e. The molecule has 6 nitrogen and oxygen atoms in total. The molecule has 1 aromatic rings. The van der Waals surface area contributed by atoms with E-state index in [-0.39, 0.29) is 21.9 Å². The molecule has 0 saturated carbocycles. The molecule has 1 aromatic carbocycles. The number of carbonyl (C=O) groups is 1. The number of nitrogens with zero attached hydrogens (tertiary/aromatic N) is 2. The van der Waals surface area contributed by atoms with Crippen LogP contribution in [0.1, 0.15) is 12.8 Å². The second-order valence-electron chi connectivity index (χ2n) is 6.03. The van der Waals surface area contributed by atoms with Gasteiger partial charge in [-0.25, -0.2) is 17.9 Å². The van der Waals surface area contributed by atoms with Crippen LogP contribution >= 0.6 is 23.2 Å². The third-order valence-electron chi connectivity index (χ3n) is 4.01. The summed E-state index contributed by atoms with van der Waals surface area (Å²) in [5, 5.41) is 0.452. The Morgan fingerprint density at radius 2 is 1.92 bits per heavy atom. The maximum atomic E-state index is 12.4. The largest absolute Gasteiger partial charge is 0.331 e. The van der Waals surface area contributed by atoms with Crippen molar-refractivity contribution < 1.29 is 13.2 Å². The summed E-state index contributed by atoms with van der Waals surface area (Å²) >= 11 is 11.8. The van der Waals surface area contributed by atoms with Gasteiger partial charge in [-0.1, -0.05) is 23.2 Å². The molecule has 1 heterocycles. The molecule has 1 aliphatic heterocycles. The first-order valence-corrected chi connectivity index (χ1v) is 9.85. The monoisotopic (exact) mass is 393 g/mol. The quantitative estimate of drug-likeness (QED) is 0.854. The normalized spacial score (nSPS) is 16.2. The number of rotatable bonds is 4. The Morgan fingerprint density at radius 1 is 1.29 bits per heavy atom. The zero-order chi connectivity index (χ0) is 17.9. The van der Waals surface area contributed by atoms with Gasteiger partial charge in [0.15, 0.2) is 0 Å².